The molecule has 0 spiro atoms. The largest absolute Gasteiger partial charge is 0.381 e. The van der Waals surface area contributed by atoms with Gasteiger partial charge in [-0.2, -0.15) is 0 Å². The topological polar surface area (TPSA) is 56.5 Å². The van der Waals surface area contributed by atoms with E-state index in [9.17, 15) is 0 Å². The van der Waals surface area contributed by atoms with Crippen molar-refractivity contribution >= 4 is 0 Å². The second-order valence-electron chi connectivity index (χ2n) is 4.63. The van der Waals surface area contributed by atoms with Crippen LogP contribution in [0.25, 0.3) is 0 Å². The Morgan fingerprint density at radius 3 is 2.62 bits per heavy atom. The van der Waals surface area contributed by atoms with Crippen molar-refractivity contribution in [1.82, 2.24) is 5.43 Å². The number of methoxy groups -OCH3 is 1. The lowest BCUT2D eigenvalue weighted by Crippen LogP contribution is -2.46. The van der Waals surface area contributed by atoms with Crippen LogP contribution in [0.4, 0.5) is 0 Å². The van der Waals surface area contributed by atoms with E-state index in [0.717, 1.165) is 51.2 Å². The van der Waals surface area contributed by atoms with Crippen LogP contribution in [0.3, 0.4) is 0 Å². The molecular formula is C12H26N2O2. The highest BCUT2D eigenvalue weighted by atomic mass is 16.5. The van der Waals surface area contributed by atoms with E-state index in [-0.39, 0.29) is 12.1 Å². The van der Waals surface area contributed by atoms with Gasteiger partial charge in [0.15, 0.2) is 0 Å². The number of nitrogens with two attached hydrogens (primary N) is 1. The Labute approximate surface area is 98.8 Å². The predicted molar refractivity (Wildman–Crippen MR) is 65.0 cm³/mol. The number of hydrogen-bond acceptors (Lipinski definition) is 4. The van der Waals surface area contributed by atoms with E-state index < -0.39 is 0 Å². The van der Waals surface area contributed by atoms with Gasteiger partial charge >= 0.3 is 0 Å². The molecule has 0 bridgehead atoms. The Morgan fingerprint density at radius 2 is 2.12 bits per heavy atom. The first-order chi connectivity index (χ1) is 7.81. The van der Waals surface area contributed by atoms with Gasteiger partial charge in [0, 0.05) is 26.4 Å². The molecule has 1 fully saturated rings. The van der Waals surface area contributed by atoms with Crippen molar-refractivity contribution in [1.29, 1.82) is 0 Å². The van der Waals surface area contributed by atoms with Gasteiger partial charge in [0.1, 0.15) is 0 Å². The van der Waals surface area contributed by atoms with E-state index >= 15 is 0 Å². The fourth-order valence-corrected chi connectivity index (χ4v) is 2.44. The minimum atomic E-state index is 0.234. The second-order valence-corrected chi connectivity index (χ2v) is 4.63. The van der Waals surface area contributed by atoms with Gasteiger partial charge in [-0.3, -0.25) is 11.3 Å². The van der Waals surface area contributed by atoms with Crippen LogP contribution < -0.4 is 11.3 Å². The van der Waals surface area contributed by atoms with Crippen LogP contribution in [0.1, 0.15) is 39.0 Å². The molecule has 0 aliphatic carbocycles. The lowest BCUT2D eigenvalue weighted by Gasteiger charge is -2.30. The lowest BCUT2D eigenvalue weighted by molar-refractivity contribution is 0.0290. The predicted octanol–water partition coefficient (Wildman–Crippen LogP) is 1.45. The third-order valence-corrected chi connectivity index (χ3v) is 3.47. The van der Waals surface area contributed by atoms with Gasteiger partial charge in [0.25, 0.3) is 0 Å². The van der Waals surface area contributed by atoms with Gasteiger partial charge in [-0.25, -0.2) is 0 Å². The summed E-state index contributed by atoms with van der Waals surface area (Å²) in [4.78, 5) is 0. The summed E-state index contributed by atoms with van der Waals surface area (Å²) >= 11 is 0. The molecule has 1 aliphatic rings. The Morgan fingerprint density at radius 1 is 1.44 bits per heavy atom. The number of nitrogens with one attached hydrogen (secondary N) is 1. The van der Waals surface area contributed by atoms with Crippen LogP contribution in [0.5, 0.6) is 0 Å². The minimum absolute atomic E-state index is 0.234. The van der Waals surface area contributed by atoms with Crippen molar-refractivity contribution in [3.8, 4) is 0 Å². The molecular weight excluding hydrogens is 204 g/mol. The maximum absolute atomic E-state index is 5.64. The third kappa shape index (κ3) is 4.37. The summed E-state index contributed by atoms with van der Waals surface area (Å²) in [6.07, 6.45) is 5.83. The van der Waals surface area contributed by atoms with E-state index in [1.165, 1.54) is 0 Å². The maximum Gasteiger partial charge on any atom is 0.0737 e. The van der Waals surface area contributed by atoms with Crippen molar-refractivity contribution < 1.29 is 9.47 Å². The molecule has 96 valence electrons. The minimum Gasteiger partial charge on any atom is -0.381 e. The zero-order valence-corrected chi connectivity index (χ0v) is 10.6. The van der Waals surface area contributed by atoms with E-state index in [1.54, 1.807) is 7.11 Å². The van der Waals surface area contributed by atoms with Gasteiger partial charge in [-0.1, -0.05) is 13.3 Å². The molecule has 4 nitrogen and oxygen atoms in total. The van der Waals surface area contributed by atoms with Crippen molar-refractivity contribution in [3.05, 3.63) is 0 Å². The SMILES string of the molecule is CCCC(OC)C(CC1CCOCC1)NN. The van der Waals surface area contributed by atoms with E-state index in [0.29, 0.717) is 0 Å². The molecule has 3 N–H and O–H groups in total. The number of hydrogen-bond donors (Lipinski definition) is 2. The fourth-order valence-electron chi connectivity index (χ4n) is 2.44. The van der Waals surface area contributed by atoms with E-state index in [1.807, 2.05) is 0 Å². The summed E-state index contributed by atoms with van der Waals surface area (Å²) in [5, 5.41) is 0. The first-order valence-corrected chi connectivity index (χ1v) is 6.38. The molecule has 0 saturated carbocycles. The van der Waals surface area contributed by atoms with E-state index in [2.05, 4.69) is 12.3 Å². The lowest BCUT2D eigenvalue weighted by atomic mass is 9.89. The zero-order valence-electron chi connectivity index (χ0n) is 10.6. The molecule has 2 atom stereocenters. The fraction of sp³-hybridized carbons (Fsp3) is 1.00. The van der Waals surface area contributed by atoms with Crippen molar-refractivity contribution in [2.45, 2.75) is 51.2 Å². The molecule has 2 unspecified atom stereocenters. The van der Waals surface area contributed by atoms with Crippen LogP contribution in [0.2, 0.25) is 0 Å². The number of hydrazine groups is 1. The molecule has 0 aromatic carbocycles. The Kier molecular flexibility index (Phi) is 6.96. The highest BCUT2D eigenvalue weighted by molar-refractivity contribution is 4.79. The van der Waals surface area contributed by atoms with Crippen LogP contribution in [-0.4, -0.2) is 32.5 Å². The van der Waals surface area contributed by atoms with Crippen molar-refractivity contribution in [2.24, 2.45) is 11.8 Å². The zero-order chi connectivity index (χ0) is 11.8. The highest BCUT2D eigenvalue weighted by Gasteiger charge is 2.24. The van der Waals surface area contributed by atoms with Crippen LogP contribution in [0.15, 0.2) is 0 Å². The number of rotatable bonds is 7. The highest BCUT2D eigenvalue weighted by Crippen LogP contribution is 2.22. The van der Waals surface area contributed by atoms with Gasteiger partial charge in [0.2, 0.25) is 0 Å². The standard InChI is InChI=1S/C12H26N2O2/c1-3-4-12(15-2)11(14-13)9-10-5-7-16-8-6-10/h10-12,14H,3-9,13H2,1-2H3. The Balaban J connectivity index is 2.38. The second kappa shape index (κ2) is 8.01. The molecule has 1 rings (SSSR count). The van der Waals surface area contributed by atoms with Crippen LogP contribution >= 0.6 is 0 Å². The van der Waals surface area contributed by atoms with Crippen molar-refractivity contribution in [3.63, 3.8) is 0 Å². The molecule has 0 amide bonds. The average molecular weight is 230 g/mol. The maximum atomic E-state index is 5.64. The van der Waals surface area contributed by atoms with Gasteiger partial charge < -0.3 is 9.47 Å². The van der Waals surface area contributed by atoms with Gasteiger partial charge in [0.05, 0.1) is 6.10 Å². The monoisotopic (exact) mass is 230 g/mol. The summed E-state index contributed by atoms with van der Waals surface area (Å²) in [7, 11) is 1.77. The molecule has 0 radical (unpaired) electrons. The third-order valence-electron chi connectivity index (χ3n) is 3.47. The van der Waals surface area contributed by atoms with E-state index in [4.69, 9.17) is 15.3 Å². The molecule has 1 aliphatic heterocycles. The summed E-state index contributed by atoms with van der Waals surface area (Å²) in [5.74, 6) is 6.36. The summed E-state index contributed by atoms with van der Waals surface area (Å²) in [5.41, 5.74) is 2.92. The molecule has 0 aromatic rings. The Hall–Kier alpha value is -0.160. The smallest absolute Gasteiger partial charge is 0.0737 e. The molecule has 16 heavy (non-hydrogen) atoms. The Bertz CT molecular complexity index is 172. The first kappa shape index (κ1) is 13.9. The summed E-state index contributed by atoms with van der Waals surface area (Å²) in [6, 6.07) is 0.271. The van der Waals surface area contributed by atoms with Gasteiger partial charge in [-0.15, -0.1) is 0 Å². The number of ether oxygens (including phenoxy) is 2. The quantitative estimate of drug-likeness (QED) is 0.513. The summed E-state index contributed by atoms with van der Waals surface area (Å²) < 4.78 is 10.9. The summed E-state index contributed by atoms with van der Waals surface area (Å²) in [6.45, 7) is 3.97. The average Bonchev–Trinajstić information content (AvgIpc) is 2.35. The first-order valence-electron chi connectivity index (χ1n) is 6.38. The van der Waals surface area contributed by atoms with Crippen molar-refractivity contribution in [2.75, 3.05) is 20.3 Å². The van der Waals surface area contributed by atoms with Gasteiger partial charge in [-0.05, 0) is 31.6 Å². The van der Waals surface area contributed by atoms with Crippen LogP contribution in [-0.2, 0) is 9.47 Å². The normalized spacial score (nSPS) is 21.9. The van der Waals surface area contributed by atoms with Crippen LogP contribution in [0, 0.1) is 5.92 Å². The molecule has 1 heterocycles. The molecule has 4 heteroatoms. The molecule has 0 aromatic heterocycles. The molecule has 1 saturated heterocycles.